The van der Waals surface area contributed by atoms with E-state index in [0.29, 0.717) is 6.04 Å². The highest BCUT2D eigenvalue weighted by atomic mass is 15.1. The van der Waals surface area contributed by atoms with Crippen LogP contribution in [-0.2, 0) is 0 Å². The summed E-state index contributed by atoms with van der Waals surface area (Å²) in [6.07, 6.45) is 8.85. The predicted molar refractivity (Wildman–Crippen MR) is 79.3 cm³/mol. The summed E-state index contributed by atoms with van der Waals surface area (Å²) in [4.78, 5) is 4.47. The van der Waals surface area contributed by atoms with Gasteiger partial charge < -0.3 is 9.88 Å². The molecule has 0 amide bonds. The van der Waals surface area contributed by atoms with E-state index < -0.39 is 0 Å². The molecule has 0 bridgehead atoms. The molecule has 2 aromatic rings. The fraction of sp³-hybridized carbons (Fsp3) is 0.562. The molecule has 1 atom stereocenters. The van der Waals surface area contributed by atoms with E-state index in [2.05, 4.69) is 40.0 Å². The van der Waals surface area contributed by atoms with Gasteiger partial charge in [0.15, 0.2) is 0 Å². The lowest BCUT2D eigenvalue weighted by Crippen LogP contribution is -2.34. The smallest absolute Gasteiger partial charge is 0.0961 e. The normalized spacial score (nSPS) is 18.8. The second-order valence-corrected chi connectivity index (χ2v) is 5.73. The summed E-state index contributed by atoms with van der Waals surface area (Å²) < 4.78 is 2.28. The Morgan fingerprint density at radius 3 is 2.89 bits per heavy atom. The van der Waals surface area contributed by atoms with E-state index in [1.54, 1.807) is 0 Å². The molecule has 0 aliphatic heterocycles. The standard InChI is InChI=1S/C16H23N3/c1-13(11-17-14-7-3-2-4-8-14)19-12-18-15-9-5-6-10-16(15)19/h5-6,9-10,12-14,17H,2-4,7-8,11H2,1H3. The number of fused-ring (bicyclic) bond motifs is 1. The summed E-state index contributed by atoms with van der Waals surface area (Å²) in [7, 11) is 0. The van der Waals surface area contributed by atoms with Gasteiger partial charge in [-0.3, -0.25) is 0 Å². The SMILES string of the molecule is CC(CNC1CCCCC1)n1cnc2ccccc21. The average molecular weight is 257 g/mol. The Labute approximate surface area is 115 Å². The van der Waals surface area contributed by atoms with Crippen molar-refractivity contribution in [2.75, 3.05) is 6.54 Å². The third kappa shape index (κ3) is 2.81. The molecule has 19 heavy (non-hydrogen) atoms. The number of hydrogen-bond acceptors (Lipinski definition) is 2. The lowest BCUT2D eigenvalue weighted by Gasteiger charge is -2.25. The summed E-state index contributed by atoms with van der Waals surface area (Å²) in [6, 6.07) is 9.54. The zero-order chi connectivity index (χ0) is 13.1. The molecule has 1 heterocycles. The highest BCUT2D eigenvalue weighted by molar-refractivity contribution is 5.75. The molecule has 1 fully saturated rings. The third-order valence-electron chi connectivity index (χ3n) is 4.26. The fourth-order valence-corrected chi connectivity index (χ4v) is 3.07. The quantitative estimate of drug-likeness (QED) is 0.908. The van der Waals surface area contributed by atoms with E-state index >= 15 is 0 Å². The Hall–Kier alpha value is -1.35. The van der Waals surface area contributed by atoms with Crippen LogP contribution in [0.3, 0.4) is 0 Å². The van der Waals surface area contributed by atoms with Gasteiger partial charge in [0.1, 0.15) is 0 Å². The van der Waals surface area contributed by atoms with Crippen molar-refractivity contribution in [3.63, 3.8) is 0 Å². The van der Waals surface area contributed by atoms with Crippen molar-refractivity contribution in [2.45, 2.75) is 51.1 Å². The predicted octanol–water partition coefficient (Wildman–Crippen LogP) is 3.52. The largest absolute Gasteiger partial charge is 0.326 e. The second-order valence-electron chi connectivity index (χ2n) is 5.73. The maximum atomic E-state index is 4.47. The molecule has 3 rings (SSSR count). The van der Waals surface area contributed by atoms with Gasteiger partial charge in [-0.1, -0.05) is 31.4 Å². The van der Waals surface area contributed by atoms with Crippen LogP contribution in [0.1, 0.15) is 45.1 Å². The summed E-state index contributed by atoms with van der Waals surface area (Å²) in [5.41, 5.74) is 2.33. The first-order valence-electron chi connectivity index (χ1n) is 7.49. The van der Waals surface area contributed by atoms with Gasteiger partial charge in [0.05, 0.1) is 17.4 Å². The Bertz CT molecular complexity index is 526. The monoisotopic (exact) mass is 257 g/mol. The highest BCUT2D eigenvalue weighted by Gasteiger charge is 2.15. The molecule has 1 unspecified atom stereocenters. The van der Waals surface area contributed by atoms with Gasteiger partial charge in [0.2, 0.25) is 0 Å². The molecule has 3 nitrogen and oxygen atoms in total. The lowest BCUT2D eigenvalue weighted by molar-refractivity contribution is 0.352. The van der Waals surface area contributed by atoms with Gasteiger partial charge in [-0.25, -0.2) is 4.98 Å². The number of aromatic nitrogens is 2. The average Bonchev–Trinajstić information content (AvgIpc) is 2.90. The zero-order valence-electron chi connectivity index (χ0n) is 11.7. The summed E-state index contributed by atoms with van der Waals surface area (Å²) >= 11 is 0. The molecule has 3 heteroatoms. The lowest BCUT2D eigenvalue weighted by atomic mass is 9.95. The van der Waals surface area contributed by atoms with Gasteiger partial charge in [0.25, 0.3) is 0 Å². The number of para-hydroxylation sites is 2. The molecular weight excluding hydrogens is 234 g/mol. The Kier molecular flexibility index (Phi) is 3.83. The van der Waals surface area contributed by atoms with E-state index in [1.165, 1.54) is 37.6 Å². The number of imidazole rings is 1. The first-order chi connectivity index (χ1) is 9.34. The number of nitrogens with zero attached hydrogens (tertiary/aromatic N) is 2. The van der Waals surface area contributed by atoms with Crippen molar-refractivity contribution in [2.24, 2.45) is 0 Å². The number of nitrogens with one attached hydrogen (secondary N) is 1. The zero-order valence-corrected chi connectivity index (χ0v) is 11.7. The highest BCUT2D eigenvalue weighted by Crippen LogP contribution is 2.19. The van der Waals surface area contributed by atoms with Gasteiger partial charge in [-0.05, 0) is 31.9 Å². The molecule has 1 aliphatic carbocycles. The molecule has 0 spiro atoms. The van der Waals surface area contributed by atoms with Gasteiger partial charge in [0, 0.05) is 18.6 Å². The van der Waals surface area contributed by atoms with Gasteiger partial charge in [-0.15, -0.1) is 0 Å². The summed E-state index contributed by atoms with van der Waals surface area (Å²) in [5, 5.41) is 3.73. The molecule has 0 radical (unpaired) electrons. The second kappa shape index (κ2) is 5.74. The first-order valence-corrected chi connectivity index (χ1v) is 7.49. The molecule has 1 N–H and O–H groups in total. The molecule has 1 saturated carbocycles. The van der Waals surface area contributed by atoms with Crippen molar-refractivity contribution in [3.05, 3.63) is 30.6 Å². The van der Waals surface area contributed by atoms with E-state index in [4.69, 9.17) is 0 Å². The van der Waals surface area contributed by atoms with E-state index in [-0.39, 0.29) is 0 Å². The molecule has 102 valence electrons. The number of hydrogen-bond donors (Lipinski definition) is 1. The van der Waals surface area contributed by atoms with Crippen LogP contribution in [0.2, 0.25) is 0 Å². The van der Waals surface area contributed by atoms with Crippen molar-refractivity contribution < 1.29 is 0 Å². The number of benzene rings is 1. The number of rotatable bonds is 4. The minimum atomic E-state index is 0.453. The van der Waals surface area contributed by atoms with Crippen LogP contribution >= 0.6 is 0 Å². The van der Waals surface area contributed by atoms with Crippen LogP contribution < -0.4 is 5.32 Å². The summed E-state index contributed by atoms with van der Waals surface area (Å²) in [5.74, 6) is 0. The molecular formula is C16H23N3. The summed E-state index contributed by atoms with van der Waals surface area (Å²) in [6.45, 7) is 3.30. The van der Waals surface area contributed by atoms with Crippen LogP contribution in [0, 0.1) is 0 Å². The van der Waals surface area contributed by atoms with Crippen LogP contribution in [0.4, 0.5) is 0 Å². The molecule has 1 aromatic carbocycles. The molecule has 1 aromatic heterocycles. The van der Waals surface area contributed by atoms with Crippen molar-refractivity contribution in [3.8, 4) is 0 Å². The van der Waals surface area contributed by atoms with Gasteiger partial charge >= 0.3 is 0 Å². The van der Waals surface area contributed by atoms with Crippen LogP contribution in [-0.4, -0.2) is 22.1 Å². The Morgan fingerprint density at radius 2 is 2.05 bits per heavy atom. The minimum Gasteiger partial charge on any atom is -0.326 e. The maximum absolute atomic E-state index is 4.47. The minimum absolute atomic E-state index is 0.453. The van der Waals surface area contributed by atoms with Crippen molar-refractivity contribution in [1.82, 2.24) is 14.9 Å². The molecule has 1 aliphatic rings. The van der Waals surface area contributed by atoms with Gasteiger partial charge in [-0.2, -0.15) is 0 Å². The van der Waals surface area contributed by atoms with Crippen LogP contribution in [0.5, 0.6) is 0 Å². The fourth-order valence-electron chi connectivity index (χ4n) is 3.07. The van der Waals surface area contributed by atoms with Crippen molar-refractivity contribution >= 4 is 11.0 Å². The molecule has 0 saturated heterocycles. The Balaban J connectivity index is 1.64. The van der Waals surface area contributed by atoms with Crippen LogP contribution in [0.15, 0.2) is 30.6 Å². The van der Waals surface area contributed by atoms with E-state index in [1.807, 2.05) is 12.4 Å². The topological polar surface area (TPSA) is 29.9 Å². The van der Waals surface area contributed by atoms with E-state index in [9.17, 15) is 0 Å². The Morgan fingerprint density at radius 1 is 1.26 bits per heavy atom. The van der Waals surface area contributed by atoms with Crippen LogP contribution in [0.25, 0.3) is 11.0 Å². The first kappa shape index (κ1) is 12.7. The third-order valence-corrected chi connectivity index (χ3v) is 4.26. The maximum Gasteiger partial charge on any atom is 0.0961 e. The van der Waals surface area contributed by atoms with Crippen molar-refractivity contribution in [1.29, 1.82) is 0 Å². The van der Waals surface area contributed by atoms with E-state index in [0.717, 1.165) is 18.1 Å².